The van der Waals surface area contributed by atoms with Crippen LogP contribution >= 0.6 is 23.2 Å². The first-order valence-corrected chi connectivity index (χ1v) is 9.96. The van der Waals surface area contributed by atoms with Crippen molar-refractivity contribution >= 4 is 40.5 Å². The fourth-order valence-corrected chi connectivity index (χ4v) is 3.70. The summed E-state index contributed by atoms with van der Waals surface area (Å²) in [6.07, 6.45) is 0. The maximum absolute atomic E-state index is 12.5. The second-order valence-corrected chi connectivity index (χ2v) is 7.61. The number of amides is 1. The minimum Gasteiger partial charge on any atom is -0.486 e. The molecule has 2 aromatic carbocycles. The quantitative estimate of drug-likeness (QED) is 0.817. The van der Waals surface area contributed by atoms with Gasteiger partial charge in [-0.1, -0.05) is 23.2 Å². The van der Waals surface area contributed by atoms with E-state index in [0.717, 1.165) is 36.9 Å². The van der Waals surface area contributed by atoms with Crippen LogP contribution in [-0.2, 0) is 4.79 Å². The molecule has 0 unspecified atom stereocenters. The lowest BCUT2D eigenvalue weighted by atomic mass is 10.2. The van der Waals surface area contributed by atoms with Crippen LogP contribution in [0.25, 0.3) is 0 Å². The number of carbonyl (C=O) groups excluding carboxylic acids is 1. The third-order valence-electron chi connectivity index (χ3n) is 4.84. The van der Waals surface area contributed by atoms with E-state index >= 15 is 0 Å². The van der Waals surface area contributed by atoms with Crippen molar-refractivity contribution in [2.45, 2.75) is 0 Å². The number of hydrogen-bond acceptors (Lipinski definition) is 5. The van der Waals surface area contributed by atoms with Crippen molar-refractivity contribution in [3.05, 3.63) is 46.4 Å². The number of piperazine rings is 1. The van der Waals surface area contributed by atoms with Gasteiger partial charge in [0.15, 0.2) is 11.5 Å². The summed E-state index contributed by atoms with van der Waals surface area (Å²) in [5.74, 6) is 1.11. The van der Waals surface area contributed by atoms with E-state index in [1.165, 1.54) is 0 Å². The molecule has 2 aromatic rings. The molecule has 1 saturated heterocycles. The first kappa shape index (κ1) is 19.2. The van der Waals surface area contributed by atoms with Crippen LogP contribution in [0.2, 0.25) is 10.0 Å². The maximum atomic E-state index is 12.5. The molecule has 1 N–H and O–H groups in total. The first-order valence-electron chi connectivity index (χ1n) is 9.20. The van der Waals surface area contributed by atoms with Crippen LogP contribution in [0.1, 0.15) is 0 Å². The Bertz CT molecular complexity index is 853. The number of ether oxygens (including phenoxy) is 2. The second-order valence-electron chi connectivity index (χ2n) is 6.76. The van der Waals surface area contributed by atoms with Crippen molar-refractivity contribution < 1.29 is 14.3 Å². The van der Waals surface area contributed by atoms with Gasteiger partial charge in [-0.3, -0.25) is 9.69 Å². The number of nitrogens with one attached hydrogen (secondary N) is 1. The SMILES string of the molecule is O=C(CN1CCN(c2ccc(Cl)cc2)CC1)Nc1cc2c(cc1Cl)OCCO2. The number of nitrogens with zero attached hydrogens (tertiary/aromatic N) is 2. The lowest BCUT2D eigenvalue weighted by Gasteiger charge is -2.35. The highest BCUT2D eigenvalue weighted by atomic mass is 35.5. The van der Waals surface area contributed by atoms with E-state index in [-0.39, 0.29) is 5.91 Å². The van der Waals surface area contributed by atoms with Gasteiger partial charge in [-0.25, -0.2) is 0 Å². The molecule has 0 saturated carbocycles. The van der Waals surface area contributed by atoms with Crippen LogP contribution in [-0.4, -0.2) is 56.7 Å². The molecule has 0 aliphatic carbocycles. The summed E-state index contributed by atoms with van der Waals surface area (Å²) < 4.78 is 11.0. The predicted molar refractivity (Wildman–Crippen MR) is 111 cm³/mol. The zero-order valence-corrected chi connectivity index (χ0v) is 16.8. The Morgan fingerprint density at radius 1 is 0.964 bits per heavy atom. The summed E-state index contributed by atoms with van der Waals surface area (Å²) in [5.41, 5.74) is 1.69. The summed E-state index contributed by atoms with van der Waals surface area (Å²) in [4.78, 5) is 16.9. The van der Waals surface area contributed by atoms with E-state index in [0.29, 0.717) is 42.0 Å². The van der Waals surface area contributed by atoms with Crippen molar-refractivity contribution in [3.63, 3.8) is 0 Å². The summed E-state index contributed by atoms with van der Waals surface area (Å²) in [7, 11) is 0. The van der Waals surface area contributed by atoms with Crippen molar-refractivity contribution in [2.24, 2.45) is 0 Å². The molecule has 8 heteroatoms. The predicted octanol–water partition coefficient (Wildman–Crippen LogP) is 3.53. The van der Waals surface area contributed by atoms with Gasteiger partial charge in [0.1, 0.15) is 13.2 Å². The van der Waals surface area contributed by atoms with E-state index in [4.69, 9.17) is 32.7 Å². The Hall–Kier alpha value is -2.15. The molecule has 6 nitrogen and oxygen atoms in total. The monoisotopic (exact) mass is 421 g/mol. The first-order chi connectivity index (χ1) is 13.6. The third-order valence-corrected chi connectivity index (χ3v) is 5.40. The Morgan fingerprint density at radius 3 is 2.29 bits per heavy atom. The van der Waals surface area contributed by atoms with Gasteiger partial charge in [0.25, 0.3) is 0 Å². The summed E-state index contributed by atoms with van der Waals surface area (Å²) >= 11 is 12.2. The van der Waals surface area contributed by atoms with Gasteiger partial charge >= 0.3 is 0 Å². The standard InChI is InChI=1S/C20H21Cl2N3O3/c21-14-1-3-15(4-2-14)25-7-5-24(6-8-25)13-20(26)23-17-12-19-18(11-16(17)22)27-9-10-28-19/h1-4,11-12H,5-10,13H2,(H,23,26). The van der Waals surface area contributed by atoms with E-state index < -0.39 is 0 Å². The number of rotatable bonds is 4. The average Bonchev–Trinajstić information content (AvgIpc) is 2.70. The summed E-state index contributed by atoms with van der Waals surface area (Å²) in [5, 5.41) is 4.05. The lowest BCUT2D eigenvalue weighted by Crippen LogP contribution is -2.48. The molecule has 2 heterocycles. The van der Waals surface area contributed by atoms with Crippen LogP contribution in [0.4, 0.5) is 11.4 Å². The average molecular weight is 422 g/mol. The number of anilines is 2. The molecule has 148 valence electrons. The number of hydrogen-bond donors (Lipinski definition) is 1. The van der Waals surface area contributed by atoms with E-state index in [9.17, 15) is 4.79 Å². The normalized spacial score (nSPS) is 16.7. The van der Waals surface area contributed by atoms with Crippen molar-refractivity contribution in [2.75, 3.05) is 56.2 Å². The van der Waals surface area contributed by atoms with Gasteiger partial charge < -0.3 is 19.7 Å². The van der Waals surface area contributed by atoms with E-state index in [2.05, 4.69) is 15.1 Å². The van der Waals surface area contributed by atoms with Crippen molar-refractivity contribution in [1.82, 2.24) is 4.90 Å². The molecule has 0 spiro atoms. The van der Waals surface area contributed by atoms with Gasteiger partial charge in [-0.15, -0.1) is 0 Å². The van der Waals surface area contributed by atoms with Gasteiger partial charge in [0.05, 0.1) is 17.3 Å². The zero-order valence-electron chi connectivity index (χ0n) is 15.3. The fourth-order valence-electron chi connectivity index (χ4n) is 3.37. The van der Waals surface area contributed by atoms with E-state index in [1.807, 2.05) is 24.3 Å². The third kappa shape index (κ3) is 4.46. The molecule has 0 radical (unpaired) electrons. The number of halogens is 2. The minimum absolute atomic E-state index is 0.0986. The molecule has 28 heavy (non-hydrogen) atoms. The summed E-state index contributed by atoms with van der Waals surface area (Å²) in [6.45, 7) is 4.64. The van der Waals surface area contributed by atoms with Gasteiger partial charge in [0, 0.05) is 49.0 Å². The topological polar surface area (TPSA) is 54.0 Å². The molecular weight excluding hydrogens is 401 g/mol. The highest BCUT2D eigenvalue weighted by Gasteiger charge is 2.21. The van der Waals surface area contributed by atoms with Crippen LogP contribution in [0.5, 0.6) is 11.5 Å². The van der Waals surface area contributed by atoms with Crippen LogP contribution in [0.3, 0.4) is 0 Å². The van der Waals surface area contributed by atoms with Gasteiger partial charge in [-0.2, -0.15) is 0 Å². The maximum Gasteiger partial charge on any atom is 0.238 e. The minimum atomic E-state index is -0.0986. The molecule has 4 rings (SSSR count). The Kier molecular flexibility index (Phi) is 5.80. The molecule has 0 atom stereocenters. The second kappa shape index (κ2) is 8.47. The van der Waals surface area contributed by atoms with Crippen LogP contribution in [0.15, 0.2) is 36.4 Å². The molecule has 0 aromatic heterocycles. The van der Waals surface area contributed by atoms with Crippen molar-refractivity contribution in [3.8, 4) is 11.5 Å². The molecule has 2 aliphatic rings. The molecule has 1 fully saturated rings. The highest BCUT2D eigenvalue weighted by Crippen LogP contribution is 2.37. The number of benzene rings is 2. The van der Waals surface area contributed by atoms with E-state index in [1.54, 1.807) is 12.1 Å². The van der Waals surface area contributed by atoms with Crippen LogP contribution < -0.4 is 19.7 Å². The van der Waals surface area contributed by atoms with Gasteiger partial charge in [0.2, 0.25) is 5.91 Å². The molecule has 2 aliphatic heterocycles. The molecule has 0 bridgehead atoms. The Balaban J connectivity index is 1.31. The smallest absolute Gasteiger partial charge is 0.238 e. The Labute approximate surface area is 173 Å². The molecular formula is C20H21Cl2N3O3. The number of fused-ring (bicyclic) bond motifs is 1. The lowest BCUT2D eigenvalue weighted by molar-refractivity contribution is -0.117. The fraction of sp³-hybridized carbons (Fsp3) is 0.350. The molecule has 1 amide bonds. The highest BCUT2D eigenvalue weighted by molar-refractivity contribution is 6.34. The zero-order chi connectivity index (χ0) is 19.5. The summed E-state index contributed by atoms with van der Waals surface area (Å²) in [6, 6.07) is 11.2. The number of carbonyl (C=O) groups is 1. The Morgan fingerprint density at radius 2 is 1.61 bits per heavy atom. The van der Waals surface area contributed by atoms with Gasteiger partial charge in [-0.05, 0) is 24.3 Å². The largest absolute Gasteiger partial charge is 0.486 e. The van der Waals surface area contributed by atoms with Crippen LogP contribution in [0, 0.1) is 0 Å². The van der Waals surface area contributed by atoms with Crippen molar-refractivity contribution in [1.29, 1.82) is 0 Å².